The first-order valence-electron chi connectivity index (χ1n) is 13.9. The summed E-state index contributed by atoms with van der Waals surface area (Å²) in [4.78, 5) is 12.7. The maximum atomic E-state index is 12.7. The highest BCUT2D eigenvalue weighted by Crippen LogP contribution is 2.75. The van der Waals surface area contributed by atoms with Crippen LogP contribution in [0.2, 0.25) is 0 Å². The van der Waals surface area contributed by atoms with E-state index < -0.39 is 11.4 Å². The highest BCUT2D eigenvalue weighted by molar-refractivity contribution is 5.74. The van der Waals surface area contributed by atoms with Crippen LogP contribution in [0.15, 0.2) is 11.6 Å². The van der Waals surface area contributed by atoms with Gasteiger partial charge in [0, 0.05) is 11.4 Å². The molecule has 1 N–H and O–H groups in total. The van der Waals surface area contributed by atoms with Gasteiger partial charge in [-0.05, 0) is 109 Å². The summed E-state index contributed by atoms with van der Waals surface area (Å²) in [5, 5.41) is 23.6. The van der Waals surface area contributed by atoms with Crippen molar-refractivity contribution in [3.63, 3.8) is 0 Å². The lowest BCUT2D eigenvalue weighted by Gasteiger charge is -2.71. The lowest BCUT2D eigenvalue weighted by atomic mass is 9.33. The number of carboxylic acids is 1. The van der Waals surface area contributed by atoms with Crippen molar-refractivity contribution in [2.45, 2.75) is 112 Å². The molecule has 0 aromatic heterocycles. The molecule has 0 bridgehead atoms. The number of rotatable bonds is 1. The number of allylic oxidation sites excluding steroid dienone is 2. The van der Waals surface area contributed by atoms with Crippen molar-refractivity contribution in [3.05, 3.63) is 11.6 Å². The number of carbonyl (C=O) groups is 1. The van der Waals surface area contributed by atoms with E-state index in [2.05, 4.69) is 54.5 Å². The molecule has 0 spiro atoms. The van der Waals surface area contributed by atoms with Gasteiger partial charge >= 0.3 is 0 Å². The minimum atomic E-state index is -0.792. The molecule has 0 unspecified atom stereocenters. The molecule has 33 heavy (non-hydrogen) atoms. The normalized spacial score (nSPS) is 55.3. The van der Waals surface area contributed by atoms with Crippen molar-refractivity contribution >= 4 is 5.97 Å². The molecule has 3 heteroatoms. The van der Waals surface area contributed by atoms with Crippen molar-refractivity contribution in [2.24, 2.45) is 56.7 Å². The van der Waals surface area contributed by atoms with Crippen molar-refractivity contribution in [3.8, 4) is 0 Å². The topological polar surface area (TPSA) is 60.4 Å². The maximum absolute atomic E-state index is 12.7. The van der Waals surface area contributed by atoms with Gasteiger partial charge in [0.05, 0.1) is 6.10 Å². The summed E-state index contributed by atoms with van der Waals surface area (Å²) in [6, 6.07) is 0. The van der Waals surface area contributed by atoms with E-state index in [-0.39, 0.29) is 33.7 Å². The molecule has 0 heterocycles. The van der Waals surface area contributed by atoms with Crippen LogP contribution in [0, 0.1) is 56.7 Å². The van der Waals surface area contributed by atoms with E-state index in [4.69, 9.17) is 0 Å². The number of aliphatic hydroxyl groups is 1. The van der Waals surface area contributed by atoms with Gasteiger partial charge in [0.15, 0.2) is 0 Å². The van der Waals surface area contributed by atoms with Gasteiger partial charge < -0.3 is 15.0 Å². The Balaban J connectivity index is 1.61. The van der Waals surface area contributed by atoms with Gasteiger partial charge in [0.2, 0.25) is 0 Å². The van der Waals surface area contributed by atoms with Crippen LogP contribution in [-0.2, 0) is 4.79 Å². The zero-order valence-corrected chi connectivity index (χ0v) is 22.2. The lowest BCUT2D eigenvalue weighted by molar-refractivity contribution is -0.327. The minimum absolute atomic E-state index is 0.0385. The Kier molecular flexibility index (Phi) is 5.15. The number of aliphatic carboxylic acids is 1. The summed E-state index contributed by atoms with van der Waals surface area (Å²) in [6.45, 7) is 16.8. The molecule has 0 radical (unpaired) electrons. The van der Waals surface area contributed by atoms with Crippen LogP contribution in [-0.4, -0.2) is 17.2 Å². The van der Waals surface area contributed by atoms with Crippen molar-refractivity contribution in [2.75, 3.05) is 0 Å². The van der Waals surface area contributed by atoms with Crippen LogP contribution in [0.3, 0.4) is 0 Å². The first kappa shape index (κ1) is 23.9. The zero-order valence-electron chi connectivity index (χ0n) is 22.2. The van der Waals surface area contributed by atoms with Crippen molar-refractivity contribution in [1.82, 2.24) is 0 Å². The fourth-order valence-corrected chi connectivity index (χ4v) is 10.8. The molecule has 0 aromatic carbocycles. The van der Waals surface area contributed by atoms with Gasteiger partial charge in [-0.3, -0.25) is 0 Å². The minimum Gasteiger partial charge on any atom is -0.550 e. The average molecular weight is 456 g/mol. The van der Waals surface area contributed by atoms with E-state index in [1.807, 2.05) is 0 Å². The molecule has 0 aliphatic heterocycles. The predicted octanol–water partition coefficient (Wildman–Crippen LogP) is 5.75. The lowest BCUT2D eigenvalue weighted by Crippen LogP contribution is -2.66. The van der Waals surface area contributed by atoms with Crippen LogP contribution in [0.4, 0.5) is 0 Å². The smallest absolute Gasteiger partial charge is 0.0594 e. The van der Waals surface area contributed by atoms with Crippen LogP contribution in [0.5, 0.6) is 0 Å². The Morgan fingerprint density at radius 1 is 0.939 bits per heavy atom. The molecular formula is C30H47O3-. The van der Waals surface area contributed by atoms with Crippen LogP contribution in [0.1, 0.15) is 106 Å². The molecule has 4 fully saturated rings. The quantitative estimate of drug-likeness (QED) is 0.512. The molecule has 5 rings (SSSR count). The second-order valence-electron chi connectivity index (χ2n) is 14.5. The maximum Gasteiger partial charge on any atom is 0.0594 e. The zero-order chi connectivity index (χ0) is 24.2. The number of aliphatic hydroxyl groups excluding tert-OH is 1. The van der Waals surface area contributed by atoms with Gasteiger partial charge in [-0.15, -0.1) is 0 Å². The van der Waals surface area contributed by atoms with E-state index in [1.165, 1.54) is 18.4 Å². The second kappa shape index (κ2) is 7.11. The molecule has 5 aliphatic rings. The molecule has 3 nitrogen and oxygen atoms in total. The standard InChI is InChI=1S/C30H48O3/c1-18-10-15-30(25(32)33)17-16-28(6)20(24(30)19(18)2)8-9-22-27(5)13-12-23(31)26(3,4)21(27)11-14-29(22,28)7/h8,18-19,21-24,31H,9-17H2,1-7H3,(H,32,33)/p-1/t18-,19+,21-,22-,23-,24-,27-,28+,29-,30+/m0/s1. The summed E-state index contributed by atoms with van der Waals surface area (Å²) >= 11 is 0. The fourth-order valence-electron chi connectivity index (χ4n) is 10.8. The van der Waals surface area contributed by atoms with Crippen LogP contribution >= 0.6 is 0 Å². The molecule has 0 aromatic rings. The van der Waals surface area contributed by atoms with Gasteiger partial charge in [0.1, 0.15) is 0 Å². The Hall–Kier alpha value is -0.830. The highest BCUT2D eigenvalue weighted by atomic mass is 16.4. The Morgan fingerprint density at radius 3 is 2.30 bits per heavy atom. The largest absolute Gasteiger partial charge is 0.550 e. The van der Waals surface area contributed by atoms with E-state index in [0.717, 1.165) is 44.9 Å². The molecule has 4 saturated carbocycles. The SMILES string of the molecule is C[C@H]1[C@H]2C3=CC[C@H]4[C@@]5(C)CC[C@H](O)C(C)(C)[C@@H]5CC[C@]4(C)[C@]3(C)CC[C@]2(C(=O)[O-])CC[C@@H]1C. The monoisotopic (exact) mass is 455 g/mol. The summed E-state index contributed by atoms with van der Waals surface area (Å²) in [5.74, 6) is 1.42. The highest BCUT2D eigenvalue weighted by Gasteiger charge is 2.68. The Labute approximate surface area is 201 Å². The molecule has 186 valence electrons. The summed E-state index contributed by atoms with van der Waals surface area (Å²) in [5.41, 5.74) is 1.24. The molecular weight excluding hydrogens is 408 g/mol. The van der Waals surface area contributed by atoms with Crippen LogP contribution in [0.25, 0.3) is 0 Å². The van der Waals surface area contributed by atoms with Crippen molar-refractivity contribution < 1.29 is 15.0 Å². The van der Waals surface area contributed by atoms with Gasteiger partial charge in [0.25, 0.3) is 0 Å². The third kappa shape index (κ3) is 2.75. The Morgan fingerprint density at radius 2 is 1.64 bits per heavy atom. The number of hydrogen-bond donors (Lipinski definition) is 1. The number of carboxylic acid groups (broad SMARTS) is 1. The first-order chi connectivity index (χ1) is 15.3. The Bertz CT molecular complexity index is 874. The third-order valence-electron chi connectivity index (χ3n) is 13.4. The van der Waals surface area contributed by atoms with E-state index in [0.29, 0.717) is 23.7 Å². The van der Waals surface area contributed by atoms with E-state index in [9.17, 15) is 15.0 Å². The molecule has 0 saturated heterocycles. The van der Waals surface area contributed by atoms with E-state index >= 15 is 0 Å². The number of fused-ring (bicyclic) bond motifs is 7. The predicted molar refractivity (Wildman–Crippen MR) is 130 cm³/mol. The number of hydrogen-bond acceptors (Lipinski definition) is 3. The summed E-state index contributed by atoms with van der Waals surface area (Å²) in [6.07, 6.45) is 11.3. The van der Waals surface area contributed by atoms with Crippen LogP contribution < -0.4 is 5.11 Å². The summed E-state index contributed by atoms with van der Waals surface area (Å²) in [7, 11) is 0. The van der Waals surface area contributed by atoms with Crippen molar-refractivity contribution in [1.29, 1.82) is 0 Å². The van der Waals surface area contributed by atoms with Gasteiger partial charge in [-0.2, -0.15) is 0 Å². The third-order valence-corrected chi connectivity index (χ3v) is 13.4. The molecule has 5 aliphatic carbocycles. The summed E-state index contributed by atoms with van der Waals surface area (Å²) < 4.78 is 0. The second-order valence-corrected chi connectivity index (χ2v) is 14.5. The van der Waals surface area contributed by atoms with E-state index in [1.54, 1.807) is 0 Å². The molecule has 0 amide bonds. The average Bonchev–Trinajstić information content (AvgIpc) is 2.74. The first-order valence-corrected chi connectivity index (χ1v) is 13.9. The van der Waals surface area contributed by atoms with Gasteiger partial charge in [-0.25, -0.2) is 0 Å². The van der Waals surface area contributed by atoms with Gasteiger partial charge in [-0.1, -0.05) is 60.1 Å². The number of carbonyl (C=O) groups excluding carboxylic acids is 1. The molecule has 10 atom stereocenters. The fraction of sp³-hybridized carbons (Fsp3) is 0.900.